The van der Waals surface area contributed by atoms with Gasteiger partial charge in [-0.15, -0.1) is 0 Å². The van der Waals surface area contributed by atoms with E-state index >= 15 is 0 Å². The smallest absolute Gasteiger partial charge is 0.344 e. The average Bonchev–Trinajstić information content (AvgIpc) is 2.45. The molecule has 0 amide bonds. The summed E-state index contributed by atoms with van der Waals surface area (Å²) in [5.41, 5.74) is -0.914. The van der Waals surface area contributed by atoms with Crippen LogP contribution in [0.1, 0.15) is 27.7 Å². The largest absolute Gasteiger partial charge is 0.465 e. The second-order valence-electron chi connectivity index (χ2n) is 7.76. The highest BCUT2D eigenvalue weighted by Crippen LogP contribution is 2.35. The van der Waals surface area contributed by atoms with Crippen LogP contribution in [0.15, 0.2) is 0 Å². The van der Waals surface area contributed by atoms with Gasteiger partial charge in [-0.25, -0.2) is 4.79 Å². The molecular weight excluding hydrogens is 605 g/mol. The number of alkyl halides is 4. The molecule has 0 aliphatic carbocycles. The van der Waals surface area contributed by atoms with E-state index in [1.807, 2.05) is 0 Å². The van der Waals surface area contributed by atoms with Crippen molar-refractivity contribution in [2.75, 3.05) is 19.8 Å². The lowest BCUT2D eigenvalue weighted by Crippen LogP contribution is -2.40. The molecule has 0 fully saturated rings. The Labute approximate surface area is 189 Å². The van der Waals surface area contributed by atoms with Crippen molar-refractivity contribution in [2.24, 2.45) is 5.41 Å². The van der Waals surface area contributed by atoms with Crippen LogP contribution in [0.2, 0.25) is 5.21 Å². The second-order valence-corrected chi connectivity index (χ2v) is 16.5. The van der Waals surface area contributed by atoms with Gasteiger partial charge in [0.2, 0.25) is 2.14 Å². The Hall–Kier alpha value is 0.460. The third-order valence-electron chi connectivity index (χ3n) is 2.98. The van der Waals surface area contributed by atoms with Crippen LogP contribution < -0.4 is 0 Å². The highest BCUT2D eigenvalue weighted by atomic mass is 80.0. The van der Waals surface area contributed by atoms with Crippen LogP contribution in [-0.4, -0.2) is 59.9 Å². The quantitative estimate of drug-likeness (QED) is 0.178. The lowest BCUT2D eigenvalue weighted by atomic mass is 9.56. The van der Waals surface area contributed by atoms with E-state index in [9.17, 15) is 14.4 Å². The summed E-state index contributed by atoms with van der Waals surface area (Å²) in [5.74, 6) is -1.51. The summed E-state index contributed by atoms with van der Waals surface area (Å²) < 4.78 is 13.8. The zero-order valence-electron chi connectivity index (χ0n) is 15.6. The maximum Gasteiger partial charge on any atom is 0.344 e. The fourth-order valence-corrected chi connectivity index (χ4v) is 1.77. The van der Waals surface area contributed by atoms with Gasteiger partial charge < -0.3 is 14.2 Å². The summed E-state index contributed by atoms with van der Waals surface area (Å²) in [6, 6.07) is 0. The predicted molar refractivity (Wildman–Crippen MR) is 119 cm³/mol. The first-order chi connectivity index (χ1) is 11.4. The van der Waals surface area contributed by atoms with Crippen molar-refractivity contribution in [3.63, 3.8) is 0 Å². The molecule has 0 aromatic rings. The van der Waals surface area contributed by atoms with Gasteiger partial charge in [-0.3, -0.25) is 9.59 Å². The molecule has 0 aromatic carbocycles. The van der Waals surface area contributed by atoms with Crippen LogP contribution in [-0.2, 0) is 28.6 Å². The van der Waals surface area contributed by atoms with Crippen molar-refractivity contribution in [3.8, 4) is 0 Å². The number of halogens is 4. The number of carbonyl (C=O) groups is 3. The van der Waals surface area contributed by atoms with E-state index in [2.05, 4.69) is 63.7 Å². The third-order valence-corrected chi connectivity index (χ3v) is 4.28. The van der Waals surface area contributed by atoms with Crippen molar-refractivity contribution < 1.29 is 28.6 Å². The zero-order chi connectivity index (χ0) is 21.0. The molecule has 0 spiro atoms. The minimum Gasteiger partial charge on any atom is -0.465 e. The van der Waals surface area contributed by atoms with Crippen LogP contribution in [0.5, 0.6) is 0 Å². The number of ether oxygens (including phenoxy) is 3. The fraction of sp³-hybridized carbons (Fsp3) is 0.786. The molecule has 0 radical (unpaired) electrons. The molecule has 6 nitrogen and oxygen atoms in total. The minimum atomic E-state index is -1.22. The Kier molecular flexibility index (Phi) is 9.96. The summed E-state index contributed by atoms with van der Waals surface area (Å²) >= 11 is 12.4. The molecule has 1 unspecified atom stereocenters. The fourth-order valence-electron chi connectivity index (χ4n) is 1.31. The molecular formula is C14H22B2Br4O6. The van der Waals surface area contributed by atoms with E-state index in [0.717, 1.165) is 0 Å². The zero-order valence-corrected chi connectivity index (χ0v) is 21.9. The predicted octanol–water partition coefficient (Wildman–Crippen LogP) is 2.04. The molecule has 148 valence electrons. The first kappa shape index (κ1) is 26.5. The highest BCUT2D eigenvalue weighted by Gasteiger charge is 2.37. The van der Waals surface area contributed by atoms with E-state index in [1.165, 1.54) is 0 Å². The molecule has 0 N–H and O–H groups in total. The summed E-state index contributed by atoms with van der Waals surface area (Å²) in [4.78, 5) is 36.0. The Bertz CT molecular complexity index is 463. The van der Waals surface area contributed by atoms with Gasteiger partial charge in [-0.1, -0.05) is 22.9 Å². The van der Waals surface area contributed by atoms with E-state index < -0.39 is 35.0 Å². The maximum absolute atomic E-state index is 12.0. The molecule has 0 rings (SSSR count). The maximum atomic E-state index is 12.0. The number of rotatable bonds is 8. The summed E-state index contributed by atoms with van der Waals surface area (Å²) in [6.45, 7) is 6.45. The Balaban J connectivity index is 5.10. The molecule has 0 aliphatic heterocycles. The molecule has 0 saturated carbocycles. The molecule has 26 heavy (non-hydrogen) atoms. The first-order valence-electron chi connectivity index (χ1n) is 7.66. The number of hydrogen-bond acceptors (Lipinski definition) is 6. The van der Waals surface area contributed by atoms with Gasteiger partial charge in [0.05, 0.1) is 5.41 Å². The first-order valence-corrected chi connectivity index (χ1v) is 10.8. The Morgan fingerprint density at radius 2 is 1.08 bits per heavy atom. The van der Waals surface area contributed by atoms with Crippen molar-refractivity contribution in [1.29, 1.82) is 0 Å². The molecule has 12 heteroatoms. The highest BCUT2D eigenvalue weighted by molar-refractivity contribution is 9.40. The van der Waals surface area contributed by atoms with Gasteiger partial charge in [0.15, 0.2) is 0 Å². The Morgan fingerprint density at radius 1 is 0.731 bits per heavy atom. The van der Waals surface area contributed by atoms with E-state index in [0.29, 0.717) is 0 Å². The van der Waals surface area contributed by atoms with Gasteiger partial charge in [0.1, 0.15) is 39.8 Å². The lowest BCUT2D eigenvalue weighted by Gasteiger charge is -2.31. The van der Waals surface area contributed by atoms with Gasteiger partial charge in [-0.05, 0) is 68.6 Å². The number of hydrogen-bond donors (Lipinski definition) is 0. The van der Waals surface area contributed by atoms with Gasteiger partial charge >= 0.3 is 11.9 Å². The lowest BCUT2D eigenvalue weighted by molar-refractivity contribution is -0.161. The third kappa shape index (κ3) is 10.1. The number of carbonyl (C=O) groups excluding carboxylic acids is 3. The minimum absolute atomic E-state index is 0.0771. The monoisotopic (exact) mass is 624 g/mol. The molecule has 0 aliphatic rings. The van der Waals surface area contributed by atoms with Crippen molar-refractivity contribution in [1.82, 2.24) is 0 Å². The summed E-state index contributed by atoms with van der Waals surface area (Å²) in [6.07, 6.45) is 0. The molecule has 0 saturated heterocycles. The van der Waals surface area contributed by atoms with Crippen LogP contribution in [0.3, 0.4) is 0 Å². The topological polar surface area (TPSA) is 78.9 Å². The van der Waals surface area contributed by atoms with Gasteiger partial charge in [0.25, 0.3) is 5.97 Å². The average molecular weight is 628 g/mol. The standard InChI is InChI=1S/C14H22B2Br4O6/c1-11(2,17)8(21)24-5-12(3,6-25-9(22)13(4,15)16)7-26-10(23)14(18,19)20/h5-7,15-16H2,1-4H3. The summed E-state index contributed by atoms with van der Waals surface area (Å²) in [5, 5.41) is -0.678. The van der Waals surface area contributed by atoms with Crippen molar-refractivity contribution >= 4 is 97.3 Å². The normalized spacial score (nSPS) is 14.9. The second kappa shape index (κ2) is 9.78. The van der Waals surface area contributed by atoms with Crippen LogP contribution in [0.25, 0.3) is 0 Å². The van der Waals surface area contributed by atoms with E-state index in [1.54, 1.807) is 43.4 Å². The van der Waals surface area contributed by atoms with Crippen LogP contribution in [0, 0.1) is 5.41 Å². The van der Waals surface area contributed by atoms with Crippen LogP contribution >= 0.6 is 63.7 Å². The molecule has 1 atom stereocenters. The van der Waals surface area contributed by atoms with E-state index in [4.69, 9.17) is 14.2 Å². The van der Waals surface area contributed by atoms with E-state index in [-0.39, 0.29) is 19.8 Å². The number of esters is 3. The van der Waals surface area contributed by atoms with Crippen molar-refractivity contribution in [2.45, 2.75) is 39.4 Å². The molecule has 0 aromatic heterocycles. The molecule has 0 bridgehead atoms. The molecule has 0 heterocycles. The van der Waals surface area contributed by atoms with Crippen molar-refractivity contribution in [3.05, 3.63) is 0 Å². The van der Waals surface area contributed by atoms with Gasteiger partial charge in [-0.2, -0.15) is 0 Å². The van der Waals surface area contributed by atoms with Gasteiger partial charge in [0, 0.05) is 5.21 Å². The Morgan fingerprint density at radius 3 is 1.38 bits per heavy atom. The summed E-state index contributed by atoms with van der Waals surface area (Å²) in [7, 11) is 3.46. The SMILES string of the molecule is BC(B)(C)C(=O)OCC(C)(COC(=O)C(C)(C)Br)COC(=O)C(Br)(Br)Br. The van der Waals surface area contributed by atoms with Crippen LogP contribution in [0.4, 0.5) is 0 Å².